The van der Waals surface area contributed by atoms with Crippen LogP contribution in [0.25, 0.3) is 11.3 Å². The number of hydrogen-bond acceptors (Lipinski definition) is 5. The summed E-state index contributed by atoms with van der Waals surface area (Å²) in [6.07, 6.45) is -2.05. The maximum absolute atomic E-state index is 12.9. The van der Waals surface area contributed by atoms with Crippen LogP contribution in [0.15, 0.2) is 52.7 Å². The van der Waals surface area contributed by atoms with Gasteiger partial charge in [0.05, 0.1) is 16.3 Å². The summed E-state index contributed by atoms with van der Waals surface area (Å²) >= 11 is 7.00. The Hall–Kier alpha value is -2.59. The van der Waals surface area contributed by atoms with Gasteiger partial charge in [0.2, 0.25) is 0 Å². The molecule has 0 N–H and O–H groups in total. The van der Waals surface area contributed by atoms with Crippen molar-refractivity contribution in [1.82, 2.24) is 24.0 Å². The lowest BCUT2D eigenvalue weighted by Crippen LogP contribution is -2.15. The summed E-state index contributed by atoms with van der Waals surface area (Å²) in [5.74, 6) is 0.241. The zero-order chi connectivity index (χ0) is 19.2. The molecule has 0 amide bonds. The van der Waals surface area contributed by atoms with E-state index in [1.807, 2.05) is 0 Å². The van der Waals surface area contributed by atoms with Crippen LogP contribution in [0.1, 0.15) is 11.3 Å². The van der Waals surface area contributed by atoms with Gasteiger partial charge in [-0.15, -0.1) is 10.2 Å². The van der Waals surface area contributed by atoms with E-state index < -0.39 is 11.7 Å². The number of hydrogen-bond donors (Lipinski definition) is 0. The first-order valence-electron chi connectivity index (χ1n) is 7.54. The third-order valence-corrected chi connectivity index (χ3v) is 4.92. The lowest BCUT2D eigenvalue weighted by Gasteiger charge is -2.07. The van der Waals surface area contributed by atoms with Crippen molar-refractivity contribution in [1.29, 1.82) is 0 Å². The molecular formula is C16H9ClF3N5OS. The van der Waals surface area contributed by atoms with E-state index in [1.165, 1.54) is 27.1 Å². The number of pyridine rings is 2. The fourth-order valence-corrected chi connectivity index (χ4v) is 3.44. The van der Waals surface area contributed by atoms with E-state index in [1.54, 1.807) is 12.1 Å². The standard InChI is InChI=1S/C16H9ClF3N5OS/c17-10-2-4-12-21-11(5-14(26)24(12)7-10)8-27-15-23-22-13-3-1-9(6-25(13)15)16(18,19)20/h1-7H,8H2. The van der Waals surface area contributed by atoms with E-state index in [9.17, 15) is 18.0 Å². The third kappa shape index (κ3) is 3.50. The van der Waals surface area contributed by atoms with Gasteiger partial charge >= 0.3 is 6.18 Å². The Morgan fingerprint density at radius 3 is 2.59 bits per heavy atom. The van der Waals surface area contributed by atoms with E-state index in [4.69, 9.17) is 11.6 Å². The Morgan fingerprint density at radius 2 is 1.81 bits per heavy atom. The summed E-state index contributed by atoms with van der Waals surface area (Å²) < 4.78 is 41.3. The van der Waals surface area contributed by atoms with Gasteiger partial charge in [0.1, 0.15) is 5.65 Å². The van der Waals surface area contributed by atoms with Gasteiger partial charge in [0.15, 0.2) is 10.8 Å². The molecule has 0 radical (unpaired) electrons. The summed E-state index contributed by atoms with van der Waals surface area (Å²) in [5, 5.41) is 8.44. The summed E-state index contributed by atoms with van der Waals surface area (Å²) in [6, 6.07) is 6.78. The number of alkyl halides is 3. The van der Waals surface area contributed by atoms with Gasteiger partial charge < -0.3 is 0 Å². The molecule has 0 aliphatic carbocycles. The van der Waals surface area contributed by atoms with Gasteiger partial charge in [0, 0.05) is 24.2 Å². The molecule has 0 unspecified atom stereocenters. The SMILES string of the molecule is O=c1cc(CSc2nnc3ccc(C(F)(F)F)cn23)nc2ccc(Cl)cn12. The molecular weight excluding hydrogens is 403 g/mol. The second-order valence-electron chi connectivity index (χ2n) is 5.58. The molecule has 27 heavy (non-hydrogen) atoms. The van der Waals surface area contributed by atoms with Crippen LogP contribution in [-0.4, -0.2) is 24.0 Å². The second-order valence-corrected chi connectivity index (χ2v) is 6.96. The highest BCUT2D eigenvalue weighted by Crippen LogP contribution is 2.30. The molecule has 4 aromatic rings. The number of aromatic nitrogens is 5. The van der Waals surface area contributed by atoms with Crippen LogP contribution in [0.5, 0.6) is 0 Å². The van der Waals surface area contributed by atoms with E-state index in [0.717, 1.165) is 24.0 Å². The first kappa shape index (κ1) is 17.8. The van der Waals surface area contributed by atoms with Gasteiger partial charge in [-0.3, -0.25) is 13.6 Å². The van der Waals surface area contributed by atoms with Gasteiger partial charge in [0.25, 0.3) is 5.56 Å². The van der Waals surface area contributed by atoms with Crippen LogP contribution in [0.4, 0.5) is 13.2 Å². The number of nitrogens with zero attached hydrogens (tertiary/aromatic N) is 5. The predicted molar refractivity (Wildman–Crippen MR) is 94.0 cm³/mol. The molecule has 0 aromatic carbocycles. The van der Waals surface area contributed by atoms with Crippen LogP contribution >= 0.6 is 23.4 Å². The zero-order valence-electron chi connectivity index (χ0n) is 13.3. The van der Waals surface area contributed by atoms with Gasteiger partial charge in [-0.2, -0.15) is 13.2 Å². The smallest absolute Gasteiger partial charge is 0.277 e. The minimum absolute atomic E-state index is 0.241. The molecule has 4 rings (SSSR count). The fourth-order valence-electron chi connectivity index (χ4n) is 2.47. The van der Waals surface area contributed by atoms with Gasteiger partial charge in [-0.05, 0) is 24.3 Å². The number of halogens is 4. The molecule has 4 aromatic heterocycles. The predicted octanol–water partition coefficient (Wildman–Crippen LogP) is 3.70. The number of thioether (sulfide) groups is 1. The van der Waals surface area contributed by atoms with E-state index in [2.05, 4.69) is 15.2 Å². The molecule has 0 atom stereocenters. The molecule has 0 spiro atoms. The minimum atomic E-state index is -4.46. The molecule has 0 fully saturated rings. The summed E-state index contributed by atoms with van der Waals surface area (Å²) in [4.78, 5) is 16.5. The molecule has 0 aliphatic heterocycles. The van der Waals surface area contributed by atoms with Crippen LogP contribution in [0.3, 0.4) is 0 Å². The van der Waals surface area contributed by atoms with Crippen LogP contribution in [0, 0.1) is 0 Å². The highest BCUT2D eigenvalue weighted by Gasteiger charge is 2.31. The summed E-state index contributed by atoms with van der Waals surface area (Å²) in [7, 11) is 0. The van der Waals surface area contributed by atoms with Crippen LogP contribution in [0.2, 0.25) is 5.02 Å². The molecule has 0 bridgehead atoms. The Morgan fingerprint density at radius 1 is 1.04 bits per heavy atom. The first-order chi connectivity index (χ1) is 12.8. The van der Waals surface area contributed by atoms with E-state index in [-0.39, 0.29) is 16.5 Å². The topological polar surface area (TPSA) is 64.6 Å². The van der Waals surface area contributed by atoms with Crippen molar-refractivity contribution < 1.29 is 13.2 Å². The third-order valence-electron chi connectivity index (χ3n) is 3.72. The van der Waals surface area contributed by atoms with Crippen molar-refractivity contribution in [2.75, 3.05) is 0 Å². The maximum Gasteiger partial charge on any atom is 0.417 e. The summed E-state index contributed by atoms with van der Waals surface area (Å²) in [6.45, 7) is 0. The van der Waals surface area contributed by atoms with E-state index in [0.29, 0.717) is 22.0 Å². The van der Waals surface area contributed by atoms with Crippen molar-refractivity contribution in [3.63, 3.8) is 0 Å². The van der Waals surface area contributed by atoms with Crippen molar-refractivity contribution >= 4 is 34.7 Å². The van der Waals surface area contributed by atoms with Gasteiger partial charge in [-0.25, -0.2) is 4.98 Å². The van der Waals surface area contributed by atoms with Crippen molar-refractivity contribution in [2.45, 2.75) is 17.1 Å². The molecule has 4 heterocycles. The number of fused-ring (bicyclic) bond motifs is 2. The Bertz CT molecular complexity index is 1220. The van der Waals surface area contributed by atoms with Crippen molar-refractivity contribution in [3.8, 4) is 0 Å². The molecule has 6 nitrogen and oxygen atoms in total. The van der Waals surface area contributed by atoms with E-state index >= 15 is 0 Å². The molecule has 0 aliphatic rings. The highest BCUT2D eigenvalue weighted by molar-refractivity contribution is 7.98. The second kappa shape index (κ2) is 6.54. The largest absolute Gasteiger partial charge is 0.417 e. The Labute approximate surface area is 158 Å². The molecule has 0 saturated heterocycles. The van der Waals surface area contributed by atoms with Crippen LogP contribution < -0.4 is 5.56 Å². The van der Waals surface area contributed by atoms with Crippen LogP contribution in [-0.2, 0) is 11.9 Å². The first-order valence-corrected chi connectivity index (χ1v) is 8.90. The fraction of sp³-hybridized carbons (Fsp3) is 0.125. The zero-order valence-corrected chi connectivity index (χ0v) is 14.9. The maximum atomic E-state index is 12.9. The number of rotatable bonds is 3. The van der Waals surface area contributed by atoms with Gasteiger partial charge in [-0.1, -0.05) is 23.4 Å². The monoisotopic (exact) mass is 411 g/mol. The Kier molecular flexibility index (Phi) is 4.31. The van der Waals surface area contributed by atoms with Crippen molar-refractivity contribution in [3.05, 3.63) is 69.4 Å². The highest BCUT2D eigenvalue weighted by atomic mass is 35.5. The normalized spacial score (nSPS) is 12.1. The average Bonchev–Trinajstić information content (AvgIpc) is 3.02. The summed E-state index contributed by atoms with van der Waals surface area (Å²) in [5.41, 5.74) is 0.0925. The molecule has 0 saturated carbocycles. The lowest BCUT2D eigenvalue weighted by atomic mass is 10.3. The Balaban J connectivity index is 1.65. The molecule has 138 valence electrons. The average molecular weight is 412 g/mol. The lowest BCUT2D eigenvalue weighted by molar-refractivity contribution is -0.137. The molecule has 11 heteroatoms. The van der Waals surface area contributed by atoms with Crippen molar-refractivity contribution in [2.24, 2.45) is 0 Å². The minimum Gasteiger partial charge on any atom is -0.277 e. The quantitative estimate of drug-likeness (QED) is 0.481.